The van der Waals surface area contributed by atoms with Crippen molar-refractivity contribution in [3.8, 4) is 0 Å². The first-order valence-electron chi connectivity index (χ1n) is 6.02. The fraction of sp³-hybridized carbons (Fsp3) is 0.692. The van der Waals surface area contributed by atoms with Gasteiger partial charge in [0.15, 0.2) is 0 Å². The fourth-order valence-corrected chi connectivity index (χ4v) is 2.68. The van der Waals surface area contributed by atoms with E-state index in [-0.39, 0.29) is 12.0 Å². The summed E-state index contributed by atoms with van der Waals surface area (Å²) in [6, 6.07) is 2.15. The van der Waals surface area contributed by atoms with Gasteiger partial charge in [-0.3, -0.25) is 0 Å². The topological polar surface area (TPSA) is 32.3 Å². The van der Waals surface area contributed by atoms with Crippen molar-refractivity contribution in [1.29, 1.82) is 0 Å². The van der Waals surface area contributed by atoms with Gasteiger partial charge in [0.05, 0.1) is 0 Å². The van der Waals surface area contributed by atoms with Gasteiger partial charge in [0.1, 0.15) is 0 Å². The molecule has 0 atom stereocenters. The number of aliphatic hydroxyl groups excluding tert-OH is 1. The maximum absolute atomic E-state index is 9.45. The lowest BCUT2D eigenvalue weighted by atomic mass is 9.83. The molecule has 1 aromatic rings. The zero-order chi connectivity index (χ0) is 12.0. The third-order valence-electron chi connectivity index (χ3n) is 3.59. The highest BCUT2D eigenvalue weighted by Crippen LogP contribution is 2.24. The van der Waals surface area contributed by atoms with Gasteiger partial charge in [-0.1, -0.05) is 13.8 Å². The molecular weight excluding hydrogens is 218 g/mol. The van der Waals surface area contributed by atoms with E-state index in [0.29, 0.717) is 0 Å². The summed E-state index contributed by atoms with van der Waals surface area (Å²) in [5.74, 6) is 0. The number of hydrogen-bond acceptors (Lipinski definition) is 3. The summed E-state index contributed by atoms with van der Waals surface area (Å²) in [4.78, 5) is 1.40. The standard InChI is InChI=1S/C13H23NOS/c1-4-13(5-2,10-15)9-14-8-12-11(3)6-7-16-12/h6-7,14-15H,4-5,8-10H2,1-3H3. The second-order valence-electron chi connectivity index (χ2n) is 4.50. The summed E-state index contributed by atoms with van der Waals surface area (Å²) in [6.45, 7) is 8.54. The average Bonchev–Trinajstić information content (AvgIpc) is 2.71. The molecule has 2 N–H and O–H groups in total. The summed E-state index contributed by atoms with van der Waals surface area (Å²) >= 11 is 1.80. The molecule has 0 saturated carbocycles. The SMILES string of the molecule is CCC(CC)(CO)CNCc1sccc1C. The Morgan fingerprint density at radius 2 is 2.06 bits per heavy atom. The second kappa shape index (κ2) is 6.38. The van der Waals surface area contributed by atoms with Crippen LogP contribution >= 0.6 is 11.3 Å². The summed E-state index contributed by atoms with van der Waals surface area (Å²) in [5.41, 5.74) is 1.42. The zero-order valence-corrected chi connectivity index (χ0v) is 11.4. The van der Waals surface area contributed by atoms with Gasteiger partial charge in [0.2, 0.25) is 0 Å². The summed E-state index contributed by atoms with van der Waals surface area (Å²) in [5, 5.41) is 15.1. The fourth-order valence-electron chi connectivity index (χ4n) is 1.81. The number of aryl methyl sites for hydroxylation is 1. The van der Waals surface area contributed by atoms with Crippen LogP contribution in [0.2, 0.25) is 0 Å². The molecular formula is C13H23NOS. The van der Waals surface area contributed by atoms with Gasteiger partial charge in [0, 0.05) is 30.0 Å². The Bertz CT molecular complexity index is 296. The van der Waals surface area contributed by atoms with Crippen LogP contribution in [-0.4, -0.2) is 18.3 Å². The van der Waals surface area contributed by atoms with Gasteiger partial charge in [-0.15, -0.1) is 11.3 Å². The van der Waals surface area contributed by atoms with Crippen molar-refractivity contribution in [2.45, 2.75) is 40.2 Å². The summed E-state index contributed by atoms with van der Waals surface area (Å²) in [6.07, 6.45) is 2.05. The molecule has 16 heavy (non-hydrogen) atoms. The molecule has 1 aromatic heterocycles. The molecule has 0 saturated heterocycles. The van der Waals surface area contributed by atoms with E-state index in [1.54, 1.807) is 11.3 Å². The Morgan fingerprint density at radius 1 is 1.38 bits per heavy atom. The third kappa shape index (κ3) is 3.30. The predicted octanol–water partition coefficient (Wildman–Crippen LogP) is 2.94. The molecule has 0 spiro atoms. The molecule has 0 aliphatic rings. The first-order chi connectivity index (χ1) is 7.67. The maximum Gasteiger partial charge on any atom is 0.0499 e. The van der Waals surface area contributed by atoms with Gasteiger partial charge in [-0.2, -0.15) is 0 Å². The van der Waals surface area contributed by atoms with Crippen molar-refractivity contribution in [3.05, 3.63) is 21.9 Å². The van der Waals surface area contributed by atoms with Crippen molar-refractivity contribution in [2.75, 3.05) is 13.2 Å². The molecule has 0 aliphatic heterocycles. The number of hydrogen-bond donors (Lipinski definition) is 2. The van der Waals surface area contributed by atoms with E-state index in [4.69, 9.17) is 0 Å². The van der Waals surface area contributed by atoms with Crippen molar-refractivity contribution >= 4 is 11.3 Å². The Kier molecular flexibility index (Phi) is 5.46. The van der Waals surface area contributed by atoms with Gasteiger partial charge in [-0.25, -0.2) is 0 Å². The van der Waals surface area contributed by atoms with E-state index in [0.717, 1.165) is 25.9 Å². The molecule has 1 heterocycles. The molecule has 0 aromatic carbocycles. The molecule has 0 aliphatic carbocycles. The first kappa shape index (κ1) is 13.7. The lowest BCUT2D eigenvalue weighted by Crippen LogP contribution is -2.36. The van der Waals surface area contributed by atoms with Crippen LogP contribution in [0.3, 0.4) is 0 Å². The first-order valence-corrected chi connectivity index (χ1v) is 6.90. The maximum atomic E-state index is 9.45. The average molecular weight is 241 g/mol. The normalized spacial score (nSPS) is 12.0. The molecule has 0 amide bonds. The van der Waals surface area contributed by atoms with Crippen LogP contribution in [0.15, 0.2) is 11.4 Å². The Balaban J connectivity index is 2.42. The highest BCUT2D eigenvalue weighted by atomic mass is 32.1. The van der Waals surface area contributed by atoms with Crippen molar-refractivity contribution in [2.24, 2.45) is 5.41 Å². The van der Waals surface area contributed by atoms with Gasteiger partial charge >= 0.3 is 0 Å². The number of thiophene rings is 1. The lowest BCUT2D eigenvalue weighted by molar-refractivity contribution is 0.113. The third-order valence-corrected chi connectivity index (χ3v) is 4.61. The van der Waals surface area contributed by atoms with Crippen molar-refractivity contribution < 1.29 is 5.11 Å². The monoisotopic (exact) mass is 241 g/mol. The molecule has 0 fully saturated rings. The molecule has 0 bridgehead atoms. The van der Waals surface area contributed by atoms with Crippen LogP contribution in [0.5, 0.6) is 0 Å². The zero-order valence-electron chi connectivity index (χ0n) is 10.5. The number of aliphatic hydroxyl groups is 1. The molecule has 0 radical (unpaired) electrons. The minimum atomic E-state index is 0.0607. The van der Waals surface area contributed by atoms with E-state index in [2.05, 4.69) is 37.5 Å². The molecule has 2 nitrogen and oxygen atoms in total. The second-order valence-corrected chi connectivity index (χ2v) is 5.50. The highest BCUT2D eigenvalue weighted by molar-refractivity contribution is 7.10. The van der Waals surface area contributed by atoms with E-state index >= 15 is 0 Å². The van der Waals surface area contributed by atoms with Crippen molar-refractivity contribution in [1.82, 2.24) is 5.32 Å². The van der Waals surface area contributed by atoms with Crippen LogP contribution in [-0.2, 0) is 6.54 Å². The molecule has 1 rings (SSSR count). The van der Waals surface area contributed by atoms with Crippen LogP contribution < -0.4 is 5.32 Å². The summed E-state index contributed by atoms with van der Waals surface area (Å²) < 4.78 is 0. The Hall–Kier alpha value is -0.380. The van der Waals surface area contributed by atoms with E-state index in [9.17, 15) is 5.11 Å². The lowest BCUT2D eigenvalue weighted by Gasteiger charge is -2.29. The Morgan fingerprint density at radius 3 is 2.50 bits per heavy atom. The van der Waals surface area contributed by atoms with Crippen LogP contribution in [0.1, 0.15) is 37.1 Å². The smallest absolute Gasteiger partial charge is 0.0499 e. The number of nitrogens with one attached hydrogen (secondary N) is 1. The van der Waals surface area contributed by atoms with Crippen LogP contribution in [0.4, 0.5) is 0 Å². The molecule has 92 valence electrons. The highest BCUT2D eigenvalue weighted by Gasteiger charge is 2.24. The predicted molar refractivity (Wildman–Crippen MR) is 70.9 cm³/mol. The van der Waals surface area contributed by atoms with Crippen LogP contribution in [0, 0.1) is 12.3 Å². The largest absolute Gasteiger partial charge is 0.396 e. The molecule has 3 heteroatoms. The minimum absolute atomic E-state index is 0.0607. The van der Waals surface area contributed by atoms with Gasteiger partial charge < -0.3 is 10.4 Å². The van der Waals surface area contributed by atoms with E-state index in [1.807, 2.05) is 0 Å². The van der Waals surface area contributed by atoms with Gasteiger partial charge in [-0.05, 0) is 36.8 Å². The summed E-state index contributed by atoms with van der Waals surface area (Å²) in [7, 11) is 0. The molecule has 0 unspecified atom stereocenters. The van der Waals surface area contributed by atoms with Crippen molar-refractivity contribution in [3.63, 3.8) is 0 Å². The van der Waals surface area contributed by atoms with Crippen LogP contribution in [0.25, 0.3) is 0 Å². The Labute approximate surface area is 103 Å². The van der Waals surface area contributed by atoms with Gasteiger partial charge in [0.25, 0.3) is 0 Å². The van der Waals surface area contributed by atoms with E-state index < -0.39 is 0 Å². The number of rotatable bonds is 7. The van der Waals surface area contributed by atoms with E-state index in [1.165, 1.54) is 10.4 Å². The quantitative estimate of drug-likeness (QED) is 0.769. The minimum Gasteiger partial charge on any atom is -0.396 e.